The molecule has 1 N–H and O–H groups in total. The predicted octanol–water partition coefficient (Wildman–Crippen LogP) is 4.76. The molecule has 0 bridgehead atoms. The van der Waals surface area contributed by atoms with Crippen molar-refractivity contribution < 1.29 is 4.79 Å². The van der Waals surface area contributed by atoms with Gasteiger partial charge < -0.3 is 5.32 Å². The molecule has 4 rings (SSSR count). The molecule has 0 spiro atoms. The Hall–Kier alpha value is -3.16. The van der Waals surface area contributed by atoms with Crippen molar-refractivity contribution in [1.82, 2.24) is 4.90 Å². The highest BCUT2D eigenvalue weighted by molar-refractivity contribution is 5.92. The number of hydrogen-bond acceptors (Lipinski definition) is 3. The number of hydrogen-bond donors (Lipinski definition) is 1. The van der Waals surface area contributed by atoms with Crippen molar-refractivity contribution in [3.05, 3.63) is 77.9 Å². The summed E-state index contributed by atoms with van der Waals surface area (Å²) in [7, 11) is 0. The molecule has 3 aromatic rings. The number of piperidine rings is 1. The van der Waals surface area contributed by atoms with E-state index in [2.05, 4.69) is 58.8 Å². The van der Waals surface area contributed by atoms with Gasteiger partial charge >= 0.3 is 0 Å². The van der Waals surface area contributed by atoms with Crippen LogP contribution in [0.15, 0.2) is 66.7 Å². The third-order valence-corrected chi connectivity index (χ3v) is 5.74. The van der Waals surface area contributed by atoms with Crippen LogP contribution in [0.5, 0.6) is 0 Å². The molecule has 1 aliphatic heterocycles. The first-order valence-corrected chi connectivity index (χ1v) is 10.2. The molecule has 1 saturated heterocycles. The highest BCUT2D eigenvalue weighted by atomic mass is 16.1. The van der Waals surface area contributed by atoms with Gasteiger partial charge in [0.05, 0.1) is 12.5 Å². The fourth-order valence-electron chi connectivity index (χ4n) is 4.07. The Bertz CT molecular complexity index is 1020. The van der Waals surface area contributed by atoms with Crippen molar-refractivity contribution in [3.63, 3.8) is 0 Å². The van der Waals surface area contributed by atoms with Crippen LogP contribution in [0.1, 0.15) is 24.0 Å². The summed E-state index contributed by atoms with van der Waals surface area (Å²) in [5.41, 5.74) is 3.12. The second kappa shape index (κ2) is 8.89. The largest absolute Gasteiger partial charge is 0.326 e. The Balaban J connectivity index is 1.32. The van der Waals surface area contributed by atoms with E-state index < -0.39 is 0 Å². The first-order valence-electron chi connectivity index (χ1n) is 10.2. The van der Waals surface area contributed by atoms with E-state index in [4.69, 9.17) is 5.26 Å². The average Bonchev–Trinajstić information content (AvgIpc) is 2.76. The fourth-order valence-corrected chi connectivity index (χ4v) is 4.07. The number of carbonyl (C=O) groups excluding carboxylic acids is 1. The topological polar surface area (TPSA) is 56.1 Å². The lowest BCUT2D eigenvalue weighted by Crippen LogP contribution is -2.37. The zero-order chi connectivity index (χ0) is 20.1. The number of likely N-dealkylation sites (tertiary alicyclic amines) is 1. The van der Waals surface area contributed by atoms with Crippen molar-refractivity contribution in [2.75, 3.05) is 18.4 Å². The van der Waals surface area contributed by atoms with E-state index in [9.17, 15) is 4.79 Å². The predicted molar refractivity (Wildman–Crippen MR) is 116 cm³/mol. The zero-order valence-corrected chi connectivity index (χ0v) is 16.5. The number of carbonyl (C=O) groups is 1. The average molecular weight is 383 g/mol. The van der Waals surface area contributed by atoms with Gasteiger partial charge in [0.15, 0.2) is 0 Å². The van der Waals surface area contributed by atoms with Crippen LogP contribution in [0.4, 0.5) is 5.69 Å². The number of nitrogens with zero attached hydrogens (tertiary/aromatic N) is 2. The lowest BCUT2D eigenvalue weighted by molar-refractivity contribution is -0.121. The van der Waals surface area contributed by atoms with Crippen molar-refractivity contribution in [2.24, 2.45) is 5.92 Å². The molecule has 4 nitrogen and oxygen atoms in total. The highest BCUT2D eigenvalue weighted by Gasteiger charge is 2.25. The standard InChI is InChI=1S/C25H25N3O/c26-15-12-19-8-10-23(11-9-19)27-25(29)21-13-16-28(17-14-21)18-22-6-3-5-20-4-1-2-7-24(20)22/h1-11,21H,12-14,16-18H2,(H,27,29). The van der Waals surface area contributed by atoms with E-state index >= 15 is 0 Å². The summed E-state index contributed by atoms with van der Waals surface area (Å²) in [4.78, 5) is 15.1. The van der Waals surface area contributed by atoms with Gasteiger partial charge in [-0.25, -0.2) is 0 Å². The maximum absolute atomic E-state index is 12.6. The van der Waals surface area contributed by atoms with Gasteiger partial charge in [0.1, 0.15) is 0 Å². The van der Waals surface area contributed by atoms with E-state index in [1.54, 1.807) is 0 Å². The molecule has 0 radical (unpaired) electrons. The number of amides is 1. The van der Waals surface area contributed by atoms with Crippen LogP contribution in [0.25, 0.3) is 10.8 Å². The van der Waals surface area contributed by atoms with Crippen LogP contribution >= 0.6 is 0 Å². The summed E-state index contributed by atoms with van der Waals surface area (Å²) in [6.45, 7) is 2.79. The van der Waals surface area contributed by atoms with E-state index in [0.29, 0.717) is 6.42 Å². The lowest BCUT2D eigenvalue weighted by atomic mass is 9.95. The molecule has 0 atom stereocenters. The summed E-state index contributed by atoms with van der Waals surface area (Å²) in [6.07, 6.45) is 2.15. The normalized spacial score (nSPS) is 15.1. The second-order valence-corrected chi connectivity index (χ2v) is 7.71. The molecule has 0 aliphatic carbocycles. The summed E-state index contributed by atoms with van der Waals surface area (Å²) in [6, 6.07) is 24.7. The molecule has 0 unspecified atom stereocenters. The summed E-state index contributed by atoms with van der Waals surface area (Å²) >= 11 is 0. The van der Waals surface area contributed by atoms with Gasteiger partial charge in [-0.15, -0.1) is 0 Å². The van der Waals surface area contributed by atoms with E-state index in [0.717, 1.165) is 43.7 Å². The third kappa shape index (κ3) is 4.64. The van der Waals surface area contributed by atoms with Crippen LogP contribution in [0, 0.1) is 17.2 Å². The third-order valence-electron chi connectivity index (χ3n) is 5.74. The molecule has 0 aromatic heterocycles. The lowest BCUT2D eigenvalue weighted by Gasteiger charge is -2.31. The maximum Gasteiger partial charge on any atom is 0.227 e. The SMILES string of the molecule is N#CCc1ccc(NC(=O)C2CCN(Cc3cccc4ccccc34)CC2)cc1. The fraction of sp³-hybridized carbons (Fsp3) is 0.280. The van der Waals surface area contributed by atoms with Crippen molar-refractivity contribution >= 4 is 22.4 Å². The number of benzene rings is 3. The van der Waals surface area contributed by atoms with E-state index in [-0.39, 0.29) is 11.8 Å². The Kier molecular flexibility index (Phi) is 5.88. The Morgan fingerprint density at radius 1 is 1.00 bits per heavy atom. The number of rotatable bonds is 5. The molecule has 1 fully saturated rings. The van der Waals surface area contributed by atoms with Gasteiger partial charge in [-0.3, -0.25) is 9.69 Å². The van der Waals surface area contributed by atoms with Gasteiger partial charge in [-0.2, -0.15) is 5.26 Å². The molecule has 3 aromatic carbocycles. The molecular weight excluding hydrogens is 358 g/mol. The van der Waals surface area contributed by atoms with Crippen molar-refractivity contribution in [1.29, 1.82) is 5.26 Å². The molecule has 146 valence electrons. The molecule has 1 amide bonds. The molecular formula is C25H25N3O. The van der Waals surface area contributed by atoms with E-state index in [1.807, 2.05) is 24.3 Å². The van der Waals surface area contributed by atoms with Gasteiger partial charge in [-0.05, 0) is 60.0 Å². The van der Waals surface area contributed by atoms with Crippen molar-refractivity contribution in [2.45, 2.75) is 25.8 Å². The van der Waals surface area contributed by atoms with Gasteiger partial charge in [0.2, 0.25) is 5.91 Å². The summed E-state index contributed by atoms with van der Waals surface area (Å²) in [5.74, 6) is 0.153. The van der Waals surface area contributed by atoms with Crippen LogP contribution in [-0.4, -0.2) is 23.9 Å². The van der Waals surface area contributed by atoms with Gasteiger partial charge in [-0.1, -0.05) is 54.6 Å². The molecule has 4 heteroatoms. The monoisotopic (exact) mass is 383 g/mol. The highest BCUT2D eigenvalue weighted by Crippen LogP contribution is 2.24. The zero-order valence-electron chi connectivity index (χ0n) is 16.5. The Morgan fingerprint density at radius 3 is 2.48 bits per heavy atom. The van der Waals surface area contributed by atoms with Crippen LogP contribution in [0.2, 0.25) is 0 Å². The molecule has 1 heterocycles. The van der Waals surface area contributed by atoms with Gasteiger partial charge in [0.25, 0.3) is 0 Å². The minimum Gasteiger partial charge on any atom is -0.326 e. The second-order valence-electron chi connectivity index (χ2n) is 7.71. The molecule has 0 saturated carbocycles. The summed E-state index contributed by atoms with van der Waals surface area (Å²) in [5, 5.41) is 14.4. The minimum atomic E-state index is 0.0533. The van der Waals surface area contributed by atoms with Gasteiger partial charge in [0, 0.05) is 18.2 Å². The van der Waals surface area contributed by atoms with E-state index in [1.165, 1.54) is 16.3 Å². The van der Waals surface area contributed by atoms with Crippen LogP contribution in [-0.2, 0) is 17.8 Å². The summed E-state index contributed by atoms with van der Waals surface area (Å²) < 4.78 is 0. The molecule has 1 aliphatic rings. The van der Waals surface area contributed by atoms with Crippen LogP contribution in [0.3, 0.4) is 0 Å². The number of nitrogens with one attached hydrogen (secondary N) is 1. The minimum absolute atomic E-state index is 0.0533. The van der Waals surface area contributed by atoms with Crippen LogP contribution < -0.4 is 5.32 Å². The number of nitriles is 1. The Morgan fingerprint density at radius 2 is 1.72 bits per heavy atom. The number of anilines is 1. The smallest absolute Gasteiger partial charge is 0.227 e. The number of fused-ring (bicyclic) bond motifs is 1. The maximum atomic E-state index is 12.6. The Labute approximate surface area is 171 Å². The first kappa shape index (κ1) is 19.2. The quantitative estimate of drug-likeness (QED) is 0.691. The molecule has 29 heavy (non-hydrogen) atoms. The first-order chi connectivity index (χ1) is 14.2. The van der Waals surface area contributed by atoms with Crippen molar-refractivity contribution in [3.8, 4) is 6.07 Å².